The van der Waals surface area contributed by atoms with E-state index >= 15 is 0 Å². The van der Waals surface area contributed by atoms with E-state index in [-0.39, 0.29) is 18.3 Å². The number of hydrogen-bond acceptors (Lipinski definition) is 2. The summed E-state index contributed by atoms with van der Waals surface area (Å²) in [6, 6.07) is 12.2. The number of aryl methyl sites for hydroxylation is 1. The molecule has 0 unspecified atom stereocenters. The Morgan fingerprint density at radius 1 is 1.09 bits per heavy atom. The van der Waals surface area contributed by atoms with Crippen LogP contribution in [0.25, 0.3) is 5.69 Å². The van der Waals surface area contributed by atoms with Gasteiger partial charge in [0.1, 0.15) is 0 Å². The van der Waals surface area contributed by atoms with E-state index in [4.69, 9.17) is 0 Å². The molecule has 1 saturated heterocycles. The molecular weight excluding hydrogens is 298 g/mol. The highest BCUT2D eigenvalue weighted by Gasteiger charge is 2.22. The van der Waals surface area contributed by atoms with Crippen LogP contribution in [0, 0.1) is 13.8 Å². The molecule has 0 radical (unpaired) electrons. The summed E-state index contributed by atoms with van der Waals surface area (Å²) in [5.74, 6) is 0.145. The van der Waals surface area contributed by atoms with Crippen LogP contribution in [0.15, 0.2) is 36.4 Å². The second-order valence-electron chi connectivity index (χ2n) is 5.50. The van der Waals surface area contributed by atoms with Crippen molar-refractivity contribution in [1.82, 2.24) is 14.8 Å². The molecule has 0 bridgehead atoms. The van der Waals surface area contributed by atoms with Gasteiger partial charge in [-0.25, -0.2) is 0 Å². The molecular formula is C17H22ClN3O. The molecule has 1 amide bonds. The van der Waals surface area contributed by atoms with Gasteiger partial charge in [-0.05, 0) is 32.0 Å². The van der Waals surface area contributed by atoms with Gasteiger partial charge in [0.05, 0.1) is 5.56 Å². The van der Waals surface area contributed by atoms with Crippen LogP contribution in [-0.2, 0) is 0 Å². The average Bonchev–Trinajstić information content (AvgIpc) is 2.83. The number of halogens is 1. The summed E-state index contributed by atoms with van der Waals surface area (Å²) in [6.45, 7) is 7.40. The Balaban J connectivity index is 0.00000176. The van der Waals surface area contributed by atoms with Gasteiger partial charge in [0, 0.05) is 43.3 Å². The Kier molecular flexibility index (Phi) is 5.27. The average molecular weight is 320 g/mol. The Morgan fingerprint density at radius 3 is 2.36 bits per heavy atom. The summed E-state index contributed by atoms with van der Waals surface area (Å²) in [5, 5.41) is 3.28. The topological polar surface area (TPSA) is 37.3 Å². The summed E-state index contributed by atoms with van der Waals surface area (Å²) in [5.41, 5.74) is 4.03. The first-order chi connectivity index (χ1) is 10.2. The van der Waals surface area contributed by atoms with Gasteiger partial charge in [0.2, 0.25) is 0 Å². The zero-order chi connectivity index (χ0) is 14.8. The number of carbonyl (C=O) groups is 1. The van der Waals surface area contributed by atoms with E-state index in [0.29, 0.717) is 0 Å². The second kappa shape index (κ2) is 6.99. The van der Waals surface area contributed by atoms with Crippen molar-refractivity contribution < 1.29 is 4.79 Å². The lowest BCUT2D eigenvalue weighted by molar-refractivity contribution is 0.0735. The van der Waals surface area contributed by atoms with E-state index in [1.807, 2.05) is 36.1 Å². The lowest BCUT2D eigenvalue weighted by Crippen LogP contribution is -2.46. The molecule has 2 heterocycles. The van der Waals surface area contributed by atoms with E-state index in [2.05, 4.69) is 28.9 Å². The Hall–Kier alpha value is -1.78. The highest BCUT2D eigenvalue weighted by Crippen LogP contribution is 2.22. The summed E-state index contributed by atoms with van der Waals surface area (Å²) >= 11 is 0. The van der Waals surface area contributed by atoms with Crippen molar-refractivity contribution in [2.45, 2.75) is 13.8 Å². The minimum Gasteiger partial charge on any atom is -0.336 e. The predicted molar refractivity (Wildman–Crippen MR) is 91.3 cm³/mol. The van der Waals surface area contributed by atoms with Crippen molar-refractivity contribution in [2.75, 3.05) is 26.2 Å². The maximum absolute atomic E-state index is 12.7. The molecule has 118 valence electrons. The molecule has 2 aromatic rings. The molecule has 0 spiro atoms. The van der Waals surface area contributed by atoms with Gasteiger partial charge < -0.3 is 14.8 Å². The third-order valence-corrected chi connectivity index (χ3v) is 4.08. The SMILES string of the molecule is Cc1cc(C(=O)N2CCNCC2)c(C)n1-c1ccccc1.Cl. The third kappa shape index (κ3) is 3.03. The van der Waals surface area contributed by atoms with Gasteiger partial charge in [0.25, 0.3) is 5.91 Å². The lowest BCUT2D eigenvalue weighted by Gasteiger charge is -2.27. The van der Waals surface area contributed by atoms with E-state index in [0.717, 1.165) is 48.8 Å². The van der Waals surface area contributed by atoms with Crippen LogP contribution in [0.2, 0.25) is 0 Å². The largest absolute Gasteiger partial charge is 0.336 e. The first-order valence-electron chi connectivity index (χ1n) is 7.43. The number of nitrogens with one attached hydrogen (secondary N) is 1. The van der Waals surface area contributed by atoms with Gasteiger partial charge in [-0.1, -0.05) is 18.2 Å². The van der Waals surface area contributed by atoms with Crippen molar-refractivity contribution in [3.05, 3.63) is 53.3 Å². The molecule has 1 aromatic carbocycles. The smallest absolute Gasteiger partial charge is 0.255 e. The molecule has 0 atom stereocenters. The normalized spacial score (nSPS) is 14.5. The zero-order valence-corrected chi connectivity index (χ0v) is 13.8. The van der Waals surface area contributed by atoms with Crippen LogP contribution >= 0.6 is 12.4 Å². The monoisotopic (exact) mass is 319 g/mol. The van der Waals surface area contributed by atoms with Crippen LogP contribution in [0.1, 0.15) is 21.7 Å². The fraction of sp³-hybridized carbons (Fsp3) is 0.353. The van der Waals surface area contributed by atoms with Crippen LogP contribution in [0.3, 0.4) is 0 Å². The minimum atomic E-state index is 0. The number of benzene rings is 1. The zero-order valence-electron chi connectivity index (χ0n) is 13.0. The lowest BCUT2D eigenvalue weighted by atomic mass is 10.2. The molecule has 3 rings (SSSR count). The molecule has 1 aromatic heterocycles. The van der Waals surface area contributed by atoms with Gasteiger partial charge >= 0.3 is 0 Å². The molecule has 0 saturated carbocycles. The number of rotatable bonds is 2. The summed E-state index contributed by atoms with van der Waals surface area (Å²) in [7, 11) is 0. The Morgan fingerprint density at radius 2 is 1.73 bits per heavy atom. The van der Waals surface area contributed by atoms with Crippen molar-refractivity contribution in [3.8, 4) is 5.69 Å². The van der Waals surface area contributed by atoms with Gasteiger partial charge in [-0.2, -0.15) is 0 Å². The predicted octanol–water partition coefficient (Wildman–Crippen LogP) is 2.56. The van der Waals surface area contributed by atoms with Crippen molar-refractivity contribution >= 4 is 18.3 Å². The quantitative estimate of drug-likeness (QED) is 0.923. The standard InChI is InChI=1S/C17H21N3O.ClH/c1-13-12-16(17(21)19-10-8-18-9-11-19)14(2)20(13)15-6-4-3-5-7-15;/h3-7,12,18H,8-11H2,1-2H3;1H. The summed E-state index contributed by atoms with van der Waals surface area (Å²) < 4.78 is 2.15. The first kappa shape index (κ1) is 16.6. The molecule has 4 nitrogen and oxygen atoms in total. The highest BCUT2D eigenvalue weighted by molar-refractivity contribution is 5.96. The van der Waals surface area contributed by atoms with Crippen molar-refractivity contribution in [3.63, 3.8) is 0 Å². The number of aromatic nitrogens is 1. The molecule has 22 heavy (non-hydrogen) atoms. The fourth-order valence-electron chi connectivity index (χ4n) is 2.99. The maximum Gasteiger partial charge on any atom is 0.255 e. The fourth-order valence-corrected chi connectivity index (χ4v) is 2.99. The van der Waals surface area contributed by atoms with E-state index in [9.17, 15) is 4.79 Å². The van der Waals surface area contributed by atoms with Crippen LogP contribution < -0.4 is 5.32 Å². The number of piperazine rings is 1. The van der Waals surface area contributed by atoms with E-state index in [1.54, 1.807) is 0 Å². The Labute approximate surface area is 137 Å². The minimum absolute atomic E-state index is 0. The molecule has 1 aliphatic heterocycles. The van der Waals surface area contributed by atoms with Crippen LogP contribution in [0.5, 0.6) is 0 Å². The van der Waals surface area contributed by atoms with Crippen LogP contribution in [0.4, 0.5) is 0 Å². The Bertz CT molecular complexity index is 645. The van der Waals surface area contributed by atoms with Gasteiger partial charge in [-0.3, -0.25) is 4.79 Å². The van der Waals surface area contributed by atoms with Gasteiger partial charge in [-0.15, -0.1) is 12.4 Å². The number of para-hydroxylation sites is 1. The first-order valence-corrected chi connectivity index (χ1v) is 7.43. The number of hydrogen-bond donors (Lipinski definition) is 1. The molecule has 1 aliphatic rings. The molecule has 0 aliphatic carbocycles. The summed E-state index contributed by atoms with van der Waals surface area (Å²) in [4.78, 5) is 14.6. The van der Waals surface area contributed by atoms with Crippen molar-refractivity contribution in [2.24, 2.45) is 0 Å². The summed E-state index contributed by atoms with van der Waals surface area (Å²) in [6.07, 6.45) is 0. The number of amides is 1. The third-order valence-electron chi connectivity index (χ3n) is 4.08. The molecule has 5 heteroatoms. The number of carbonyl (C=O) groups excluding carboxylic acids is 1. The van der Waals surface area contributed by atoms with Gasteiger partial charge in [0.15, 0.2) is 0 Å². The van der Waals surface area contributed by atoms with Crippen molar-refractivity contribution in [1.29, 1.82) is 0 Å². The number of nitrogens with zero attached hydrogens (tertiary/aromatic N) is 2. The van der Waals surface area contributed by atoms with E-state index < -0.39 is 0 Å². The maximum atomic E-state index is 12.7. The molecule has 1 fully saturated rings. The second-order valence-corrected chi connectivity index (χ2v) is 5.50. The highest BCUT2D eigenvalue weighted by atomic mass is 35.5. The molecule has 1 N–H and O–H groups in total. The van der Waals surface area contributed by atoms with E-state index in [1.165, 1.54) is 0 Å². The van der Waals surface area contributed by atoms with Crippen LogP contribution in [-0.4, -0.2) is 41.6 Å².